The van der Waals surface area contributed by atoms with Gasteiger partial charge in [0.15, 0.2) is 17.5 Å². The minimum atomic E-state index is -1.62. The fourth-order valence-electron chi connectivity index (χ4n) is 3.47. The summed E-state index contributed by atoms with van der Waals surface area (Å²) < 4.78 is 47.2. The molecule has 2 unspecified atom stereocenters. The van der Waals surface area contributed by atoms with Gasteiger partial charge in [0.1, 0.15) is 35.5 Å². The van der Waals surface area contributed by atoms with Gasteiger partial charge in [0.2, 0.25) is 0 Å². The normalized spacial score (nSPS) is 25.4. The highest BCUT2D eigenvalue weighted by molar-refractivity contribution is 7.99. The van der Waals surface area contributed by atoms with Crippen molar-refractivity contribution in [1.29, 1.82) is 0 Å². The van der Waals surface area contributed by atoms with Crippen molar-refractivity contribution in [3.8, 4) is 11.3 Å². The Hall–Kier alpha value is -1.86. The first-order chi connectivity index (χ1) is 15.7. The Morgan fingerprint density at radius 1 is 1.00 bits per heavy atom. The summed E-state index contributed by atoms with van der Waals surface area (Å²) in [5.41, 5.74) is -1.09. The molecule has 1 aromatic heterocycles. The number of aliphatic hydroxyl groups excluding tert-OH is 3. The molecule has 33 heavy (non-hydrogen) atoms. The topological polar surface area (TPSA) is 101 Å². The predicted molar refractivity (Wildman–Crippen MR) is 114 cm³/mol. The van der Waals surface area contributed by atoms with Crippen LogP contribution in [-0.4, -0.2) is 60.7 Å². The van der Waals surface area contributed by atoms with E-state index >= 15 is 0 Å². The molecule has 1 fully saturated rings. The Balaban J connectivity index is 1.64. The van der Waals surface area contributed by atoms with Crippen LogP contribution in [0, 0.1) is 17.5 Å². The SMILES string of the molecule is OCC1O[C@H](Sc2cc(Cl)cc(Cl)c2)[C@@H](O)C(n2cc(-c3cc(F)c(F)c(F)c3)nn2)[C@H]1O. The lowest BCUT2D eigenvalue weighted by Gasteiger charge is -2.41. The maximum atomic E-state index is 13.6. The van der Waals surface area contributed by atoms with Gasteiger partial charge in [-0.05, 0) is 30.3 Å². The molecule has 1 aliphatic rings. The maximum absolute atomic E-state index is 13.6. The quantitative estimate of drug-likeness (QED) is 0.442. The van der Waals surface area contributed by atoms with Crippen LogP contribution < -0.4 is 0 Å². The molecule has 0 saturated carbocycles. The molecule has 0 radical (unpaired) electrons. The number of aromatic nitrogens is 3. The van der Waals surface area contributed by atoms with Gasteiger partial charge in [0.25, 0.3) is 0 Å². The number of aliphatic hydroxyl groups is 3. The van der Waals surface area contributed by atoms with E-state index in [2.05, 4.69) is 10.3 Å². The molecule has 13 heteroatoms. The first-order valence-corrected chi connectivity index (χ1v) is 11.1. The van der Waals surface area contributed by atoms with Crippen molar-refractivity contribution < 1.29 is 33.2 Å². The zero-order chi connectivity index (χ0) is 23.9. The van der Waals surface area contributed by atoms with Crippen molar-refractivity contribution in [3.05, 3.63) is 64.0 Å². The van der Waals surface area contributed by atoms with E-state index in [0.717, 1.165) is 28.6 Å². The Labute approximate surface area is 199 Å². The molecule has 5 atom stereocenters. The molecule has 1 aliphatic heterocycles. The van der Waals surface area contributed by atoms with E-state index in [0.29, 0.717) is 14.9 Å². The van der Waals surface area contributed by atoms with Crippen LogP contribution in [0.3, 0.4) is 0 Å². The monoisotopic (exact) mass is 521 g/mol. The summed E-state index contributed by atoms with van der Waals surface area (Å²) in [6.45, 7) is -0.562. The number of ether oxygens (including phenoxy) is 1. The van der Waals surface area contributed by atoms with E-state index in [4.69, 9.17) is 27.9 Å². The fourth-order valence-corrected chi connectivity index (χ4v) is 5.28. The summed E-state index contributed by atoms with van der Waals surface area (Å²) >= 11 is 13.1. The van der Waals surface area contributed by atoms with Gasteiger partial charge in [-0.15, -0.1) is 5.10 Å². The Morgan fingerprint density at radius 2 is 1.64 bits per heavy atom. The van der Waals surface area contributed by atoms with E-state index in [1.807, 2.05) is 0 Å². The highest BCUT2D eigenvalue weighted by Gasteiger charge is 2.46. The number of hydrogen-bond donors (Lipinski definition) is 3. The molecule has 2 aromatic carbocycles. The van der Waals surface area contributed by atoms with Gasteiger partial charge in [-0.3, -0.25) is 0 Å². The van der Waals surface area contributed by atoms with Crippen molar-refractivity contribution in [1.82, 2.24) is 15.0 Å². The average molecular weight is 522 g/mol. The van der Waals surface area contributed by atoms with Crippen LogP contribution in [0.1, 0.15) is 6.04 Å². The average Bonchev–Trinajstić information content (AvgIpc) is 3.23. The summed E-state index contributed by atoms with van der Waals surface area (Å²) in [5.74, 6) is -4.42. The second kappa shape index (κ2) is 9.79. The summed E-state index contributed by atoms with van der Waals surface area (Å²) in [4.78, 5) is 0.569. The van der Waals surface area contributed by atoms with Crippen LogP contribution in [0.4, 0.5) is 13.2 Å². The lowest BCUT2D eigenvalue weighted by molar-refractivity contribution is -0.178. The van der Waals surface area contributed by atoms with Gasteiger partial charge < -0.3 is 20.1 Å². The van der Waals surface area contributed by atoms with E-state index in [9.17, 15) is 28.5 Å². The summed E-state index contributed by atoms with van der Waals surface area (Å²) in [7, 11) is 0. The maximum Gasteiger partial charge on any atom is 0.194 e. The number of hydrogen-bond acceptors (Lipinski definition) is 7. The van der Waals surface area contributed by atoms with E-state index < -0.39 is 53.8 Å². The predicted octanol–water partition coefficient (Wildman–Crippen LogP) is 3.44. The van der Waals surface area contributed by atoms with E-state index in [1.165, 1.54) is 12.3 Å². The van der Waals surface area contributed by atoms with Gasteiger partial charge in [-0.25, -0.2) is 17.9 Å². The lowest BCUT2D eigenvalue weighted by atomic mass is 9.97. The lowest BCUT2D eigenvalue weighted by Crippen LogP contribution is -2.55. The molecule has 4 rings (SSSR count). The van der Waals surface area contributed by atoms with E-state index in [1.54, 1.807) is 12.1 Å². The summed E-state index contributed by atoms with van der Waals surface area (Å²) in [6, 6.07) is 5.11. The third-order valence-corrected chi connectivity index (χ3v) is 6.60. The van der Waals surface area contributed by atoms with Crippen molar-refractivity contribution >= 4 is 35.0 Å². The van der Waals surface area contributed by atoms with Crippen LogP contribution >= 0.6 is 35.0 Å². The number of halogens is 5. The van der Waals surface area contributed by atoms with Crippen molar-refractivity contribution in [2.24, 2.45) is 0 Å². The Morgan fingerprint density at radius 3 is 2.24 bits per heavy atom. The smallest absolute Gasteiger partial charge is 0.194 e. The van der Waals surface area contributed by atoms with Crippen LogP contribution in [0.25, 0.3) is 11.3 Å². The van der Waals surface area contributed by atoms with Gasteiger partial charge in [-0.1, -0.05) is 40.2 Å². The zero-order valence-electron chi connectivity index (χ0n) is 16.4. The number of thioether (sulfide) groups is 1. The molecule has 3 aromatic rings. The fraction of sp³-hybridized carbons (Fsp3) is 0.300. The molecule has 0 aliphatic carbocycles. The number of nitrogens with zero attached hydrogens (tertiary/aromatic N) is 3. The Kier molecular flexibility index (Phi) is 7.20. The molecule has 3 N–H and O–H groups in total. The molecular weight excluding hydrogens is 506 g/mol. The van der Waals surface area contributed by atoms with Crippen LogP contribution in [-0.2, 0) is 4.74 Å². The summed E-state index contributed by atoms with van der Waals surface area (Å²) in [5, 5.41) is 39.7. The van der Waals surface area contributed by atoms with Crippen molar-refractivity contribution in [2.45, 2.75) is 34.7 Å². The molecular formula is C20H16Cl2F3N3O4S. The third kappa shape index (κ3) is 4.99. The highest BCUT2D eigenvalue weighted by Crippen LogP contribution is 2.39. The van der Waals surface area contributed by atoms with E-state index in [-0.39, 0.29) is 11.3 Å². The third-order valence-electron chi connectivity index (χ3n) is 5.03. The Bertz CT molecular complexity index is 1130. The second-order valence-electron chi connectivity index (χ2n) is 7.26. The first-order valence-electron chi connectivity index (χ1n) is 9.50. The molecule has 0 amide bonds. The highest BCUT2D eigenvalue weighted by atomic mass is 35.5. The number of rotatable bonds is 5. The summed E-state index contributed by atoms with van der Waals surface area (Å²) in [6.07, 6.45) is -2.61. The zero-order valence-corrected chi connectivity index (χ0v) is 18.8. The molecule has 7 nitrogen and oxygen atoms in total. The van der Waals surface area contributed by atoms with Gasteiger partial charge in [-0.2, -0.15) is 0 Å². The van der Waals surface area contributed by atoms with Crippen molar-refractivity contribution in [3.63, 3.8) is 0 Å². The van der Waals surface area contributed by atoms with Crippen molar-refractivity contribution in [2.75, 3.05) is 6.61 Å². The molecule has 2 heterocycles. The van der Waals surface area contributed by atoms with Crippen LogP contribution in [0.15, 0.2) is 41.4 Å². The largest absolute Gasteiger partial charge is 0.394 e. The standard InChI is InChI=1S/C20H16Cl2F3N3O4S/c21-9-3-10(22)5-11(4-9)33-20-19(31)17(18(30)15(7-29)32-20)28-6-14(26-27-28)8-1-12(23)16(25)13(24)2-8/h1-6,15,17-20,29-31H,7H2/t15?,17?,18-,19-,20+/m0/s1. The molecule has 0 bridgehead atoms. The minimum absolute atomic E-state index is 0.0231. The first kappa shape index (κ1) is 24.3. The minimum Gasteiger partial charge on any atom is -0.394 e. The van der Waals surface area contributed by atoms with Crippen LogP contribution in [0.2, 0.25) is 10.0 Å². The van der Waals surface area contributed by atoms with Crippen LogP contribution in [0.5, 0.6) is 0 Å². The molecule has 0 spiro atoms. The molecule has 176 valence electrons. The van der Waals surface area contributed by atoms with Gasteiger partial charge in [0, 0.05) is 20.5 Å². The number of benzene rings is 2. The second-order valence-corrected chi connectivity index (χ2v) is 9.30. The van der Waals surface area contributed by atoms with Gasteiger partial charge in [0.05, 0.1) is 12.8 Å². The van der Waals surface area contributed by atoms with Gasteiger partial charge >= 0.3 is 0 Å². The molecule has 1 saturated heterocycles.